The molecular formula is C28H31Cl2N3O4S. The van der Waals surface area contributed by atoms with Crippen LogP contribution in [0.1, 0.15) is 45.6 Å². The topological polar surface area (TPSA) is 86.8 Å². The minimum atomic E-state index is -3.71. The Kier molecular flexibility index (Phi) is 8.55. The molecule has 0 unspecified atom stereocenters. The van der Waals surface area contributed by atoms with Gasteiger partial charge in [0.15, 0.2) is 0 Å². The van der Waals surface area contributed by atoms with E-state index in [1.807, 2.05) is 39.0 Å². The monoisotopic (exact) mass is 575 g/mol. The van der Waals surface area contributed by atoms with Crippen molar-refractivity contribution in [3.63, 3.8) is 0 Å². The average Bonchev–Trinajstić information content (AvgIpc) is 3.08. The van der Waals surface area contributed by atoms with Crippen molar-refractivity contribution in [2.75, 3.05) is 10.8 Å². The van der Waals surface area contributed by atoms with Gasteiger partial charge in [-0.2, -0.15) is 0 Å². The SMILES string of the molecule is CC[C@H](C(=O)NC(C)C)N(Cc1c(Cl)cccc1Cl)C(=O)CCCN1c2cccc3cccc(c23)S1(=O)=O. The zero-order valence-electron chi connectivity index (χ0n) is 21.6. The number of hydrogen-bond donors (Lipinski definition) is 1. The zero-order valence-corrected chi connectivity index (χ0v) is 23.9. The van der Waals surface area contributed by atoms with E-state index in [-0.39, 0.29) is 48.7 Å². The minimum absolute atomic E-state index is 0.0475. The molecule has 0 radical (unpaired) electrons. The highest BCUT2D eigenvalue weighted by Gasteiger charge is 2.36. The third-order valence-electron chi connectivity index (χ3n) is 6.64. The van der Waals surface area contributed by atoms with Crippen LogP contribution in [0.2, 0.25) is 10.0 Å². The quantitative estimate of drug-likeness (QED) is 0.332. The molecule has 1 atom stereocenters. The molecule has 1 aliphatic rings. The van der Waals surface area contributed by atoms with Crippen molar-refractivity contribution in [3.05, 3.63) is 70.2 Å². The summed E-state index contributed by atoms with van der Waals surface area (Å²) in [6.07, 6.45) is 0.716. The molecule has 1 heterocycles. The van der Waals surface area contributed by atoms with Gasteiger partial charge in [0.1, 0.15) is 6.04 Å². The first-order valence-corrected chi connectivity index (χ1v) is 14.8. The molecule has 0 fully saturated rings. The lowest BCUT2D eigenvalue weighted by Crippen LogP contribution is -2.50. The normalized spacial score (nSPS) is 14.6. The van der Waals surface area contributed by atoms with Crippen LogP contribution in [-0.4, -0.2) is 43.8 Å². The second-order valence-electron chi connectivity index (χ2n) is 9.62. The van der Waals surface area contributed by atoms with Gasteiger partial charge in [0.25, 0.3) is 10.0 Å². The largest absolute Gasteiger partial charge is 0.352 e. The summed E-state index contributed by atoms with van der Waals surface area (Å²) in [5, 5.41) is 5.26. The van der Waals surface area contributed by atoms with Gasteiger partial charge in [-0.3, -0.25) is 13.9 Å². The number of nitrogens with one attached hydrogen (secondary N) is 1. The van der Waals surface area contributed by atoms with Crippen LogP contribution in [0.3, 0.4) is 0 Å². The van der Waals surface area contributed by atoms with Crippen molar-refractivity contribution in [1.82, 2.24) is 10.2 Å². The Labute approximate surface area is 233 Å². The molecule has 2 amide bonds. The van der Waals surface area contributed by atoms with E-state index in [2.05, 4.69) is 5.32 Å². The Morgan fingerprint density at radius 2 is 1.63 bits per heavy atom. The first-order chi connectivity index (χ1) is 18.1. The van der Waals surface area contributed by atoms with Crippen molar-refractivity contribution in [2.24, 2.45) is 0 Å². The predicted octanol–water partition coefficient (Wildman–Crippen LogP) is 5.77. The molecule has 0 saturated carbocycles. The van der Waals surface area contributed by atoms with Crippen LogP contribution in [0.25, 0.3) is 10.8 Å². The van der Waals surface area contributed by atoms with Crippen molar-refractivity contribution in [2.45, 2.75) is 63.6 Å². The Morgan fingerprint density at radius 1 is 1.00 bits per heavy atom. The van der Waals surface area contributed by atoms with Crippen LogP contribution in [0, 0.1) is 0 Å². The number of carbonyl (C=O) groups is 2. The van der Waals surface area contributed by atoms with Crippen LogP contribution in [0.4, 0.5) is 5.69 Å². The lowest BCUT2D eigenvalue weighted by Gasteiger charge is -2.32. The summed E-state index contributed by atoms with van der Waals surface area (Å²) in [5.74, 6) is -0.540. The van der Waals surface area contributed by atoms with Gasteiger partial charge in [-0.15, -0.1) is 0 Å². The lowest BCUT2D eigenvalue weighted by molar-refractivity contribution is -0.141. The Morgan fingerprint density at radius 3 is 2.26 bits per heavy atom. The van der Waals surface area contributed by atoms with Gasteiger partial charge in [-0.05, 0) is 56.3 Å². The molecule has 3 aromatic rings. The first-order valence-electron chi connectivity index (χ1n) is 12.6. The summed E-state index contributed by atoms with van der Waals surface area (Å²) in [6, 6.07) is 15.0. The summed E-state index contributed by atoms with van der Waals surface area (Å²) in [7, 11) is -3.71. The predicted molar refractivity (Wildman–Crippen MR) is 152 cm³/mol. The highest BCUT2D eigenvalue weighted by atomic mass is 35.5. The van der Waals surface area contributed by atoms with Crippen LogP contribution >= 0.6 is 23.2 Å². The summed E-state index contributed by atoms with van der Waals surface area (Å²) < 4.78 is 27.9. The van der Waals surface area contributed by atoms with Gasteiger partial charge in [0, 0.05) is 46.5 Å². The van der Waals surface area contributed by atoms with Gasteiger partial charge < -0.3 is 10.2 Å². The number of sulfonamides is 1. The number of hydrogen-bond acceptors (Lipinski definition) is 4. The summed E-state index contributed by atoms with van der Waals surface area (Å²) >= 11 is 12.8. The van der Waals surface area contributed by atoms with E-state index in [0.29, 0.717) is 33.1 Å². The van der Waals surface area contributed by atoms with Gasteiger partial charge >= 0.3 is 0 Å². The molecule has 7 nitrogen and oxygen atoms in total. The van der Waals surface area contributed by atoms with Gasteiger partial charge in [-0.25, -0.2) is 8.42 Å². The second-order valence-corrected chi connectivity index (χ2v) is 12.3. The van der Waals surface area contributed by atoms with E-state index in [9.17, 15) is 18.0 Å². The molecule has 1 aliphatic heterocycles. The van der Waals surface area contributed by atoms with E-state index in [1.165, 1.54) is 9.21 Å². The van der Waals surface area contributed by atoms with Crippen molar-refractivity contribution >= 4 is 61.5 Å². The molecule has 0 saturated heterocycles. The molecule has 4 rings (SSSR count). The Balaban J connectivity index is 1.55. The zero-order chi connectivity index (χ0) is 27.6. The molecule has 202 valence electrons. The fourth-order valence-electron chi connectivity index (χ4n) is 4.87. The van der Waals surface area contributed by atoms with Crippen LogP contribution in [0.5, 0.6) is 0 Å². The number of carbonyl (C=O) groups excluding carboxylic acids is 2. The van der Waals surface area contributed by atoms with E-state index in [4.69, 9.17) is 23.2 Å². The fourth-order valence-corrected chi connectivity index (χ4v) is 7.14. The van der Waals surface area contributed by atoms with Crippen molar-refractivity contribution in [3.8, 4) is 0 Å². The standard InChI is InChI=1S/C28H31Cl2N3O4S/c1-4-23(28(35)31-18(2)3)32(17-20-21(29)11-7-12-22(20)30)26(34)15-8-16-33-24-13-5-9-19-10-6-14-25(27(19)24)38(33,36)37/h5-7,9-14,18,23H,4,8,15-17H2,1-3H3,(H,31,35)/t23-/m1/s1. The van der Waals surface area contributed by atoms with E-state index >= 15 is 0 Å². The maximum Gasteiger partial charge on any atom is 0.265 e. The number of anilines is 1. The first kappa shape index (κ1) is 28.2. The molecular weight excluding hydrogens is 545 g/mol. The molecule has 0 aliphatic carbocycles. The maximum atomic E-state index is 13.6. The summed E-state index contributed by atoms with van der Waals surface area (Å²) in [4.78, 5) is 28.4. The minimum Gasteiger partial charge on any atom is -0.352 e. The molecule has 0 aromatic heterocycles. The van der Waals surface area contributed by atoms with Crippen LogP contribution in [-0.2, 0) is 26.2 Å². The third-order valence-corrected chi connectivity index (χ3v) is 9.20. The van der Waals surface area contributed by atoms with Gasteiger partial charge in [-0.1, -0.05) is 60.5 Å². The number of rotatable bonds is 10. The summed E-state index contributed by atoms with van der Waals surface area (Å²) in [6.45, 7) is 5.76. The van der Waals surface area contributed by atoms with Gasteiger partial charge in [0.2, 0.25) is 11.8 Å². The number of halogens is 2. The number of amides is 2. The van der Waals surface area contributed by atoms with E-state index < -0.39 is 16.1 Å². The molecule has 0 spiro atoms. The lowest BCUT2D eigenvalue weighted by atomic mass is 10.1. The number of nitrogens with zero attached hydrogens (tertiary/aromatic N) is 2. The highest BCUT2D eigenvalue weighted by Crippen LogP contribution is 2.42. The second kappa shape index (κ2) is 11.5. The van der Waals surface area contributed by atoms with Crippen LogP contribution < -0.4 is 9.62 Å². The van der Waals surface area contributed by atoms with Gasteiger partial charge in [0.05, 0.1) is 10.6 Å². The third kappa shape index (κ3) is 5.48. The Hall–Kier alpha value is -2.81. The summed E-state index contributed by atoms with van der Waals surface area (Å²) in [5.41, 5.74) is 1.18. The molecule has 3 aromatic carbocycles. The smallest absolute Gasteiger partial charge is 0.265 e. The average molecular weight is 577 g/mol. The number of benzene rings is 3. The van der Waals surface area contributed by atoms with E-state index in [0.717, 1.165) is 5.39 Å². The maximum absolute atomic E-state index is 13.6. The van der Waals surface area contributed by atoms with Crippen molar-refractivity contribution in [1.29, 1.82) is 0 Å². The molecule has 10 heteroatoms. The molecule has 1 N–H and O–H groups in total. The van der Waals surface area contributed by atoms with Crippen LogP contribution in [0.15, 0.2) is 59.5 Å². The highest BCUT2D eigenvalue weighted by molar-refractivity contribution is 7.93. The van der Waals surface area contributed by atoms with Crippen molar-refractivity contribution < 1.29 is 18.0 Å². The Bertz CT molecular complexity index is 1450. The van der Waals surface area contributed by atoms with E-state index in [1.54, 1.807) is 36.4 Å². The molecule has 0 bridgehead atoms. The molecule has 38 heavy (non-hydrogen) atoms. The fraction of sp³-hybridized carbons (Fsp3) is 0.357.